The zero-order chi connectivity index (χ0) is 31.0. The molecule has 1 saturated carbocycles. The Morgan fingerprint density at radius 3 is 2.21 bits per heavy atom. The standard InChI is InChI=1S/C27H31F3N6O6/c1-25(2,3)41-23(38)36(24(39)42-26(4,5)6)21-18-20(32-19(33-21)15-9-7-8-10-16(15)37)34-35-22(18)40-17-13-14(11-12-31-17)27(28,29)30/h11-13,15H,7-10H2,1-6H3,(H,32,33,34,35). The lowest BCUT2D eigenvalue weighted by atomic mass is 9.87. The topological polar surface area (TPSA) is 149 Å². The van der Waals surface area contributed by atoms with Crippen LogP contribution in [0.4, 0.5) is 28.6 Å². The van der Waals surface area contributed by atoms with Crippen molar-refractivity contribution in [3.05, 3.63) is 29.7 Å². The second kappa shape index (κ2) is 11.2. The lowest BCUT2D eigenvalue weighted by Gasteiger charge is -2.28. The third-order valence-electron chi connectivity index (χ3n) is 5.88. The highest BCUT2D eigenvalue weighted by Crippen LogP contribution is 2.38. The summed E-state index contributed by atoms with van der Waals surface area (Å²) in [6.07, 6.45) is -3.91. The Hall–Kier alpha value is -4.30. The largest absolute Gasteiger partial charge is 0.443 e. The molecule has 1 aliphatic carbocycles. The van der Waals surface area contributed by atoms with E-state index in [0.29, 0.717) is 30.2 Å². The first kappa shape index (κ1) is 30.7. The number of aromatic nitrogens is 5. The van der Waals surface area contributed by atoms with Crippen molar-refractivity contribution in [2.24, 2.45) is 0 Å². The summed E-state index contributed by atoms with van der Waals surface area (Å²) in [4.78, 5) is 53.0. The van der Waals surface area contributed by atoms with E-state index in [-0.39, 0.29) is 28.5 Å². The summed E-state index contributed by atoms with van der Waals surface area (Å²) in [6.45, 7) is 9.53. The van der Waals surface area contributed by atoms with E-state index in [1.54, 1.807) is 41.5 Å². The fraction of sp³-hybridized carbons (Fsp3) is 0.519. The molecule has 0 radical (unpaired) electrons. The fourth-order valence-electron chi connectivity index (χ4n) is 4.15. The molecular formula is C27H31F3N6O6. The summed E-state index contributed by atoms with van der Waals surface area (Å²) in [5.41, 5.74) is -3.18. The predicted octanol–water partition coefficient (Wildman–Crippen LogP) is 6.46. The maximum atomic E-state index is 13.5. The van der Waals surface area contributed by atoms with E-state index >= 15 is 0 Å². The van der Waals surface area contributed by atoms with Crippen LogP contribution in [-0.4, -0.2) is 54.3 Å². The molecular weight excluding hydrogens is 561 g/mol. The van der Waals surface area contributed by atoms with Crippen LogP contribution < -0.4 is 9.64 Å². The van der Waals surface area contributed by atoms with Crippen LogP contribution in [0.5, 0.6) is 11.8 Å². The monoisotopic (exact) mass is 592 g/mol. The lowest BCUT2D eigenvalue weighted by Crippen LogP contribution is -2.44. The molecule has 4 rings (SSSR count). The number of hydrogen-bond donors (Lipinski definition) is 1. The summed E-state index contributed by atoms with van der Waals surface area (Å²) in [5.74, 6) is -2.07. The van der Waals surface area contributed by atoms with Crippen LogP contribution in [0, 0.1) is 0 Å². The van der Waals surface area contributed by atoms with Crippen LogP contribution >= 0.6 is 0 Å². The van der Waals surface area contributed by atoms with Crippen molar-refractivity contribution in [2.45, 2.75) is 90.5 Å². The van der Waals surface area contributed by atoms with Crippen LogP contribution in [0.15, 0.2) is 18.3 Å². The van der Waals surface area contributed by atoms with Gasteiger partial charge in [0.05, 0.1) is 11.5 Å². The van der Waals surface area contributed by atoms with E-state index in [0.717, 1.165) is 18.7 Å². The summed E-state index contributed by atoms with van der Waals surface area (Å²) in [7, 11) is 0. The molecule has 226 valence electrons. The number of nitrogens with zero attached hydrogens (tertiary/aromatic N) is 5. The Bertz CT molecular complexity index is 1480. The maximum absolute atomic E-state index is 13.5. The van der Waals surface area contributed by atoms with Gasteiger partial charge < -0.3 is 14.2 Å². The second-order valence-corrected chi connectivity index (χ2v) is 11.7. The van der Waals surface area contributed by atoms with Crippen LogP contribution in [0.2, 0.25) is 0 Å². The molecule has 3 aromatic heterocycles. The average molecular weight is 593 g/mol. The van der Waals surface area contributed by atoms with Gasteiger partial charge >= 0.3 is 18.4 Å². The Balaban J connectivity index is 1.93. The quantitative estimate of drug-likeness (QED) is 0.357. The van der Waals surface area contributed by atoms with E-state index in [1.807, 2.05) is 0 Å². The summed E-state index contributed by atoms with van der Waals surface area (Å²) >= 11 is 0. The second-order valence-electron chi connectivity index (χ2n) is 11.7. The van der Waals surface area contributed by atoms with Gasteiger partial charge in [-0.25, -0.2) is 24.5 Å². The number of imide groups is 1. The first-order chi connectivity index (χ1) is 19.4. The van der Waals surface area contributed by atoms with Crippen LogP contribution in [0.1, 0.15) is 84.5 Å². The number of pyridine rings is 1. The number of aromatic amines is 1. The summed E-state index contributed by atoms with van der Waals surface area (Å²) < 4.78 is 56.5. The van der Waals surface area contributed by atoms with Gasteiger partial charge in [-0.1, -0.05) is 6.42 Å². The van der Waals surface area contributed by atoms with E-state index < -0.39 is 52.7 Å². The number of H-pyrrole nitrogens is 1. The molecule has 1 fully saturated rings. The Labute approximate surface area is 239 Å². The molecule has 0 saturated heterocycles. The number of ketones is 1. The normalized spacial score (nSPS) is 16.3. The van der Waals surface area contributed by atoms with Gasteiger partial charge in [-0.2, -0.15) is 18.1 Å². The first-order valence-electron chi connectivity index (χ1n) is 13.2. The molecule has 1 N–H and O–H groups in total. The van der Waals surface area contributed by atoms with Crippen LogP contribution in [0.3, 0.4) is 0 Å². The number of hydrogen-bond acceptors (Lipinski definition) is 10. The molecule has 0 aliphatic heterocycles. The highest BCUT2D eigenvalue weighted by atomic mass is 19.4. The number of amides is 2. The van der Waals surface area contributed by atoms with Gasteiger partial charge in [0, 0.05) is 18.7 Å². The summed E-state index contributed by atoms with van der Waals surface area (Å²) in [5, 5.41) is 6.46. The number of rotatable bonds is 4. The van der Waals surface area contributed by atoms with E-state index in [4.69, 9.17) is 14.2 Å². The van der Waals surface area contributed by atoms with Gasteiger partial charge in [0.25, 0.3) is 5.88 Å². The van der Waals surface area contributed by atoms with Crippen molar-refractivity contribution in [1.29, 1.82) is 0 Å². The Morgan fingerprint density at radius 1 is 1.00 bits per heavy atom. The van der Waals surface area contributed by atoms with Crippen molar-refractivity contribution in [3.8, 4) is 11.8 Å². The molecule has 3 aromatic rings. The zero-order valence-corrected chi connectivity index (χ0v) is 24.0. The average Bonchev–Trinajstić information content (AvgIpc) is 3.24. The van der Waals surface area contributed by atoms with Crippen molar-refractivity contribution < 1.29 is 41.8 Å². The first-order valence-corrected chi connectivity index (χ1v) is 13.2. The van der Waals surface area contributed by atoms with E-state index in [1.165, 1.54) is 0 Å². The van der Waals surface area contributed by atoms with Gasteiger partial charge in [-0.15, -0.1) is 5.10 Å². The van der Waals surface area contributed by atoms with Crippen molar-refractivity contribution in [2.75, 3.05) is 4.90 Å². The minimum atomic E-state index is -4.67. The van der Waals surface area contributed by atoms with Crippen molar-refractivity contribution in [1.82, 2.24) is 25.1 Å². The van der Waals surface area contributed by atoms with Gasteiger partial charge in [-0.3, -0.25) is 9.89 Å². The molecule has 1 atom stereocenters. The highest BCUT2D eigenvalue weighted by molar-refractivity contribution is 6.14. The minimum absolute atomic E-state index is 0.0201. The predicted molar refractivity (Wildman–Crippen MR) is 142 cm³/mol. The molecule has 0 bridgehead atoms. The number of ether oxygens (including phenoxy) is 3. The number of Topliss-reactive ketones (excluding diaryl/α,β-unsaturated/α-hetero) is 1. The number of fused-ring (bicyclic) bond motifs is 1. The third kappa shape index (κ3) is 7.12. The van der Waals surface area contributed by atoms with Crippen molar-refractivity contribution in [3.63, 3.8) is 0 Å². The molecule has 0 aromatic carbocycles. The van der Waals surface area contributed by atoms with Gasteiger partial charge in [0.15, 0.2) is 11.5 Å². The molecule has 15 heteroatoms. The zero-order valence-electron chi connectivity index (χ0n) is 24.0. The lowest BCUT2D eigenvalue weighted by molar-refractivity contribution is -0.137. The molecule has 42 heavy (non-hydrogen) atoms. The van der Waals surface area contributed by atoms with E-state index in [2.05, 4.69) is 25.1 Å². The number of anilines is 1. The molecule has 1 aliphatic rings. The molecule has 2 amide bonds. The highest BCUT2D eigenvalue weighted by Gasteiger charge is 2.38. The maximum Gasteiger partial charge on any atom is 0.425 e. The van der Waals surface area contributed by atoms with Crippen molar-refractivity contribution >= 4 is 34.8 Å². The Kier molecular flexibility index (Phi) is 8.16. The number of carbonyl (C=O) groups is 3. The molecule has 1 unspecified atom stereocenters. The SMILES string of the molecule is CC(C)(C)OC(=O)N(C(=O)OC(C)(C)C)c1nc(C2CCCCC2=O)nc2[nH]nc(Oc3cc(C(F)(F)F)ccn3)c12. The molecule has 0 spiro atoms. The number of nitrogens with one attached hydrogen (secondary N) is 1. The van der Waals surface area contributed by atoms with Gasteiger partial charge in [0.1, 0.15) is 28.2 Å². The van der Waals surface area contributed by atoms with Crippen LogP contribution in [-0.2, 0) is 20.4 Å². The third-order valence-corrected chi connectivity index (χ3v) is 5.88. The fourth-order valence-corrected chi connectivity index (χ4v) is 4.15. The molecule has 12 nitrogen and oxygen atoms in total. The number of alkyl halides is 3. The summed E-state index contributed by atoms with van der Waals surface area (Å²) in [6, 6.07) is 1.43. The van der Waals surface area contributed by atoms with Gasteiger partial charge in [0.2, 0.25) is 5.88 Å². The number of carbonyl (C=O) groups excluding carboxylic acids is 3. The van der Waals surface area contributed by atoms with E-state index in [9.17, 15) is 27.6 Å². The smallest absolute Gasteiger partial charge is 0.425 e. The van der Waals surface area contributed by atoms with Gasteiger partial charge in [-0.05, 0) is 60.5 Å². The number of halogens is 3. The van der Waals surface area contributed by atoms with Crippen LogP contribution in [0.25, 0.3) is 11.0 Å². The Morgan fingerprint density at radius 2 is 1.64 bits per heavy atom. The molecule has 3 heterocycles. The minimum Gasteiger partial charge on any atom is -0.443 e.